The summed E-state index contributed by atoms with van der Waals surface area (Å²) in [4.78, 5) is 11.4. The number of hydrogen-bond acceptors (Lipinski definition) is 3. The summed E-state index contributed by atoms with van der Waals surface area (Å²) in [6, 6.07) is 12.9. The molecule has 0 bridgehead atoms. The van der Waals surface area contributed by atoms with E-state index in [2.05, 4.69) is 0 Å². The summed E-state index contributed by atoms with van der Waals surface area (Å²) < 4.78 is 10.6. The molecule has 0 unspecified atom stereocenters. The predicted molar refractivity (Wildman–Crippen MR) is 71.3 cm³/mol. The topological polar surface area (TPSA) is 35.5 Å². The first kappa shape index (κ1) is 12.1. The van der Waals surface area contributed by atoms with E-state index in [4.69, 9.17) is 21.1 Å². The van der Waals surface area contributed by atoms with E-state index in [1.165, 1.54) is 0 Å². The Bertz CT molecular complexity index is 620. The van der Waals surface area contributed by atoms with Crippen molar-refractivity contribution in [3.05, 3.63) is 64.2 Å². The molecule has 0 atom stereocenters. The van der Waals surface area contributed by atoms with Crippen molar-refractivity contribution in [1.29, 1.82) is 0 Å². The van der Waals surface area contributed by atoms with Crippen LogP contribution < -0.4 is 4.74 Å². The lowest BCUT2D eigenvalue weighted by Crippen LogP contribution is -1.98. The van der Waals surface area contributed by atoms with E-state index in [1.807, 2.05) is 36.4 Å². The molecule has 0 aliphatic carbocycles. The monoisotopic (exact) mass is 274 g/mol. The van der Waals surface area contributed by atoms with Crippen LogP contribution in [0.5, 0.6) is 5.75 Å². The van der Waals surface area contributed by atoms with E-state index in [9.17, 15) is 4.79 Å². The number of halogens is 1. The molecule has 1 aliphatic heterocycles. The lowest BCUT2D eigenvalue weighted by atomic mass is 10.1. The van der Waals surface area contributed by atoms with Crippen LogP contribution in [0.4, 0.5) is 0 Å². The smallest absolute Gasteiger partial charge is 0.339 e. The molecule has 96 valence electrons. The van der Waals surface area contributed by atoms with Crippen LogP contribution in [0.3, 0.4) is 0 Å². The Hall–Kier alpha value is -2.00. The Morgan fingerprint density at radius 1 is 1.16 bits per heavy atom. The van der Waals surface area contributed by atoms with E-state index in [1.54, 1.807) is 6.07 Å². The summed E-state index contributed by atoms with van der Waals surface area (Å²) >= 11 is 5.82. The first-order chi connectivity index (χ1) is 9.22. The zero-order valence-electron chi connectivity index (χ0n) is 10.1. The number of hydrogen-bond donors (Lipinski definition) is 0. The number of esters is 1. The molecule has 2 aromatic carbocycles. The van der Waals surface area contributed by atoms with Gasteiger partial charge in [0.1, 0.15) is 19.0 Å². The Morgan fingerprint density at radius 3 is 2.74 bits per heavy atom. The molecule has 0 spiro atoms. The van der Waals surface area contributed by atoms with Gasteiger partial charge in [0, 0.05) is 10.6 Å². The average molecular weight is 275 g/mol. The van der Waals surface area contributed by atoms with Gasteiger partial charge >= 0.3 is 5.97 Å². The summed E-state index contributed by atoms with van der Waals surface area (Å²) in [5.41, 5.74) is 2.52. The molecule has 0 saturated heterocycles. The molecule has 3 nitrogen and oxygen atoms in total. The summed E-state index contributed by atoms with van der Waals surface area (Å²) in [7, 11) is 0. The molecule has 4 heteroatoms. The Balaban J connectivity index is 1.72. The van der Waals surface area contributed by atoms with Gasteiger partial charge < -0.3 is 9.47 Å². The van der Waals surface area contributed by atoms with Crippen LogP contribution >= 0.6 is 11.6 Å². The highest BCUT2D eigenvalue weighted by atomic mass is 35.5. The van der Waals surface area contributed by atoms with E-state index < -0.39 is 0 Å². The molecule has 0 radical (unpaired) electrons. The first-order valence-corrected chi connectivity index (χ1v) is 6.27. The minimum absolute atomic E-state index is 0.285. The SMILES string of the molecule is O=C1OCc2ccc(OCc3ccc(Cl)cc3)cc21. The number of rotatable bonds is 3. The molecule has 2 aromatic rings. The molecule has 0 aromatic heterocycles. The molecular weight excluding hydrogens is 264 g/mol. The highest BCUT2D eigenvalue weighted by Gasteiger charge is 2.21. The van der Waals surface area contributed by atoms with Crippen LogP contribution in [0.25, 0.3) is 0 Å². The quantitative estimate of drug-likeness (QED) is 0.803. The zero-order chi connectivity index (χ0) is 13.2. The maximum Gasteiger partial charge on any atom is 0.339 e. The lowest BCUT2D eigenvalue weighted by Gasteiger charge is -2.07. The number of benzene rings is 2. The summed E-state index contributed by atoms with van der Waals surface area (Å²) in [5.74, 6) is 0.375. The van der Waals surface area contributed by atoms with Gasteiger partial charge in [-0.1, -0.05) is 29.8 Å². The van der Waals surface area contributed by atoms with Gasteiger partial charge in [0.2, 0.25) is 0 Å². The first-order valence-electron chi connectivity index (χ1n) is 5.90. The number of carbonyl (C=O) groups excluding carboxylic acids is 1. The standard InChI is InChI=1S/C15H11ClO3/c16-12-4-1-10(2-5-12)8-18-13-6-3-11-9-19-15(17)14(11)7-13/h1-7H,8-9H2. The maximum absolute atomic E-state index is 11.4. The minimum Gasteiger partial charge on any atom is -0.489 e. The molecule has 0 fully saturated rings. The van der Waals surface area contributed by atoms with Gasteiger partial charge in [0.15, 0.2) is 0 Å². The normalized spacial score (nSPS) is 13.0. The van der Waals surface area contributed by atoms with Crippen molar-refractivity contribution < 1.29 is 14.3 Å². The number of ether oxygens (including phenoxy) is 2. The summed E-state index contributed by atoms with van der Waals surface area (Å²) in [6.45, 7) is 0.788. The van der Waals surface area contributed by atoms with Crippen LogP contribution in [0, 0.1) is 0 Å². The Kier molecular flexibility index (Phi) is 3.13. The van der Waals surface area contributed by atoms with Crippen LogP contribution in [-0.4, -0.2) is 5.97 Å². The third-order valence-electron chi connectivity index (χ3n) is 2.98. The van der Waals surface area contributed by atoms with Crippen LogP contribution in [0.1, 0.15) is 21.5 Å². The van der Waals surface area contributed by atoms with Gasteiger partial charge in [-0.05, 0) is 29.8 Å². The fraction of sp³-hybridized carbons (Fsp3) is 0.133. The average Bonchev–Trinajstić information content (AvgIpc) is 2.80. The van der Waals surface area contributed by atoms with Gasteiger partial charge in [0.05, 0.1) is 5.56 Å². The van der Waals surface area contributed by atoms with Gasteiger partial charge in [-0.3, -0.25) is 0 Å². The largest absolute Gasteiger partial charge is 0.489 e. The van der Waals surface area contributed by atoms with Gasteiger partial charge in [-0.25, -0.2) is 4.79 Å². The molecule has 0 amide bonds. The molecular formula is C15H11ClO3. The van der Waals surface area contributed by atoms with Crippen molar-refractivity contribution in [1.82, 2.24) is 0 Å². The third kappa shape index (κ3) is 2.56. The van der Waals surface area contributed by atoms with Gasteiger partial charge in [0.25, 0.3) is 0 Å². The van der Waals surface area contributed by atoms with E-state index in [0.29, 0.717) is 29.5 Å². The summed E-state index contributed by atoms with van der Waals surface area (Å²) in [6.07, 6.45) is 0. The zero-order valence-corrected chi connectivity index (χ0v) is 10.8. The van der Waals surface area contributed by atoms with Gasteiger partial charge in [-0.15, -0.1) is 0 Å². The minimum atomic E-state index is -0.285. The van der Waals surface area contributed by atoms with Crippen molar-refractivity contribution in [2.75, 3.05) is 0 Å². The van der Waals surface area contributed by atoms with Crippen molar-refractivity contribution in [2.45, 2.75) is 13.2 Å². The van der Waals surface area contributed by atoms with Crippen LogP contribution in [0.2, 0.25) is 5.02 Å². The van der Waals surface area contributed by atoms with E-state index in [-0.39, 0.29) is 5.97 Å². The van der Waals surface area contributed by atoms with Crippen molar-refractivity contribution in [3.8, 4) is 5.75 Å². The molecule has 0 saturated carbocycles. The maximum atomic E-state index is 11.4. The van der Waals surface area contributed by atoms with Crippen molar-refractivity contribution in [3.63, 3.8) is 0 Å². The van der Waals surface area contributed by atoms with Crippen LogP contribution in [-0.2, 0) is 18.0 Å². The molecule has 0 N–H and O–H groups in total. The van der Waals surface area contributed by atoms with Crippen molar-refractivity contribution >= 4 is 17.6 Å². The molecule has 3 rings (SSSR count). The van der Waals surface area contributed by atoms with Gasteiger partial charge in [-0.2, -0.15) is 0 Å². The van der Waals surface area contributed by atoms with E-state index in [0.717, 1.165) is 11.1 Å². The highest BCUT2D eigenvalue weighted by Crippen LogP contribution is 2.25. The highest BCUT2D eigenvalue weighted by molar-refractivity contribution is 6.30. The second-order valence-corrected chi connectivity index (χ2v) is 4.75. The Morgan fingerprint density at radius 2 is 1.95 bits per heavy atom. The number of fused-ring (bicyclic) bond motifs is 1. The van der Waals surface area contributed by atoms with Crippen LogP contribution in [0.15, 0.2) is 42.5 Å². The third-order valence-corrected chi connectivity index (χ3v) is 3.23. The number of carbonyl (C=O) groups is 1. The lowest BCUT2D eigenvalue weighted by molar-refractivity contribution is 0.0535. The fourth-order valence-electron chi connectivity index (χ4n) is 1.93. The second-order valence-electron chi connectivity index (χ2n) is 4.31. The predicted octanol–water partition coefficient (Wildman–Crippen LogP) is 3.59. The second kappa shape index (κ2) is 4.94. The molecule has 1 aliphatic rings. The van der Waals surface area contributed by atoms with E-state index >= 15 is 0 Å². The molecule has 19 heavy (non-hydrogen) atoms. The van der Waals surface area contributed by atoms with Crippen molar-refractivity contribution in [2.24, 2.45) is 0 Å². The number of cyclic esters (lactones) is 1. The fourth-order valence-corrected chi connectivity index (χ4v) is 2.06. The summed E-state index contributed by atoms with van der Waals surface area (Å²) in [5, 5.41) is 0.698. The Labute approximate surface area is 115 Å². The molecule has 1 heterocycles.